The summed E-state index contributed by atoms with van der Waals surface area (Å²) in [5.41, 5.74) is 1.22. The number of carbonyl (C=O) groups excluding carboxylic acids is 2. The van der Waals surface area contributed by atoms with Gasteiger partial charge in [-0.25, -0.2) is 4.98 Å². The number of hydrogen-bond acceptors (Lipinski definition) is 6. The van der Waals surface area contributed by atoms with Gasteiger partial charge in [0, 0.05) is 22.8 Å². The molecule has 0 saturated heterocycles. The summed E-state index contributed by atoms with van der Waals surface area (Å²) in [5, 5.41) is 0.659. The number of methoxy groups -OCH3 is 2. The van der Waals surface area contributed by atoms with Crippen molar-refractivity contribution in [2.75, 3.05) is 27.3 Å². The molecule has 0 aromatic carbocycles. The molecular formula is C13H16Cl2N2O4. The molecule has 1 rings (SSSR count). The highest BCUT2D eigenvalue weighted by molar-refractivity contribution is 6.35. The molecule has 0 atom stereocenters. The fourth-order valence-corrected chi connectivity index (χ4v) is 2.30. The van der Waals surface area contributed by atoms with Gasteiger partial charge in [-0.3, -0.25) is 14.5 Å². The number of pyridine rings is 1. The molecule has 8 heteroatoms. The summed E-state index contributed by atoms with van der Waals surface area (Å²) in [4.78, 5) is 28.4. The SMILES string of the molecule is COC(=O)CN(CC(=O)OC)Cc1c(Cl)cc(C)nc1Cl. The molecule has 0 unspecified atom stereocenters. The van der Waals surface area contributed by atoms with E-state index in [9.17, 15) is 9.59 Å². The number of nitrogens with zero attached hydrogens (tertiary/aromatic N) is 2. The highest BCUT2D eigenvalue weighted by Gasteiger charge is 2.19. The first-order chi connectivity index (χ1) is 9.87. The minimum absolute atomic E-state index is 0.0911. The van der Waals surface area contributed by atoms with Crippen molar-refractivity contribution >= 4 is 35.1 Å². The molecule has 0 saturated carbocycles. The second-order valence-corrected chi connectivity index (χ2v) is 5.08. The second kappa shape index (κ2) is 8.17. The molecule has 1 aromatic heterocycles. The van der Waals surface area contributed by atoms with E-state index < -0.39 is 11.9 Å². The van der Waals surface area contributed by atoms with Crippen LogP contribution < -0.4 is 0 Å². The van der Waals surface area contributed by atoms with Crippen LogP contribution in [0.25, 0.3) is 0 Å². The fraction of sp³-hybridized carbons (Fsp3) is 0.462. The summed E-state index contributed by atoms with van der Waals surface area (Å²) in [6.07, 6.45) is 0. The molecule has 0 aliphatic rings. The number of aromatic nitrogens is 1. The summed E-state index contributed by atoms with van der Waals surface area (Å²) in [5.74, 6) is -0.961. The molecule has 0 amide bonds. The molecule has 0 bridgehead atoms. The monoisotopic (exact) mass is 334 g/mol. The zero-order chi connectivity index (χ0) is 16.0. The minimum atomic E-state index is -0.480. The van der Waals surface area contributed by atoms with Crippen LogP contribution >= 0.6 is 23.2 Å². The van der Waals surface area contributed by atoms with E-state index in [-0.39, 0.29) is 24.8 Å². The first-order valence-electron chi connectivity index (χ1n) is 6.04. The number of esters is 2. The number of halogens is 2. The van der Waals surface area contributed by atoms with E-state index in [1.54, 1.807) is 13.0 Å². The maximum absolute atomic E-state index is 11.4. The van der Waals surface area contributed by atoms with Crippen molar-refractivity contribution in [1.29, 1.82) is 0 Å². The highest BCUT2D eigenvalue weighted by Crippen LogP contribution is 2.25. The number of ether oxygens (including phenoxy) is 2. The predicted octanol–water partition coefficient (Wildman–Crippen LogP) is 1.84. The third kappa shape index (κ3) is 5.49. The number of rotatable bonds is 6. The molecule has 0 aliphatic heterocycles. The lowest BCUT2D eigenvalue weighted by atomic mass is 10.2. The summed E-state index contributed by atoms with van der Waals surface area (Å²) >= 11 is 12.2. The molecule has 0 aliphatic carbocycles. The largest absolute Gasteiger partial charge is 0.468 e. The van der Waals surface area contributed by atoms with Crippen LogP contribution in [0.5, 0.6) is 0 Å². The van der Waals surface area contributed by atoms with Gasteiger partial charge < -0.3 is 9.47 Å². The Morgan fingerprint density at radius 2 is 1.71 bits per heavy atom. The van der Waals surface area contributed by atoms with Crippen LogP contribution in [0, 0.1) is 6.92 Å². The van der Waals surface area contributed by atoms with E-state index in [0.29, 0.717) is 16.3 Å². The van der Waals surface area contributed by atoms with Crippen LogP contribution in [-0.4, -0.2) is 49.1 Å². The van der Waals surface area contributed by atoms with Crippen molar-refractivity contribution in [2.24, 2.45) is 0 Å². The number of aryl methyl sites for hydroxylation is 1. The molecule has 21 heavy (non-hydrogen) atoms. The molecule has 0 N–H and O–H groups in total. The Morgan fingerprint density at radius 3 is 2.14 bits per heavy atom. The van der Waals surface area contributed by atoms with Gasteiger partial charge in [0.25, 0.3) is 0 Å². The van der Waals surface area contributed by atoms with Crippen molar-refractivity contribution in [2.45, 2.75) is 13.5 Å². The first-order valence-corrected chi connectivity index (χ1v) is 6.80. The lowest BCUT2D eigenvalue weighted by Crippen LogP contribution is -2.35. The van der Waals surface area contributed by atoms with Crippen molar-refractivity contribution in [3.63, 3.8) is 0 Å². The van der Waals surface area contributed by atoms with Crippen LogP contribution in [0.2, 0.25) is 10.2 Å². The van der Waals surface area contributed by atoms with Crippen LogP contribution in [0.4, 0.5) is 0 Å². The lowest BCUT2D eigenvalue weighted by Gasteiger charge is -2.20. The van der Waals surface area contributed by atoms with Crippen LogP contribution in [0.3, 0.4) is 0 Å². The molecule has 116 valence electrons. The highest BCUT2D eigenvalue weighted by atomic mass is 35.5. The van der Waals surface area contributed by atoms with Crippen molar-refractivity contribution in [1.82, 2.24) is 9.88 Å². The Bertz CT molecular complexity index is 496. The van der Waals surface area contributed by atoms with Gasteiger partial charge in [0.1, 0.15) is 5.15 Å². The Kier molecular flexibility index (Phi) is 6.87. The molecule has 6 nitrogen and oxygen atoms in total. The average Bonchev–Trinajstić information content (AvgIpc) is 2.42. The van der Waals surface area contributed by atoms with Gasteiger partial charge in [-0.05, 0) is 13.0 Å². The van der Waals surface area contributed by atoms with Gasteiger partial charge in [0.2, 0.25) is 0 Å². The summed E-state index contributed by atoms with van der Waals surface area (Å²) < 4.78 is 9.20. The van der Waals surface area contributed by atoms with E-state index in [2.05, 4.69) is 14.5 Å². The minimum Gasteiger partial charge on any atom is -0.468 e. The average molecular weight is 335 g/mol. The van der Waals surface area contributed by atoms with Gasteiger partial charge in [-0.1, -0.05) is 23.2 Å². The Morgan fingerprint density at radius 1 is 1.19 bits per heavy atom. The van der Waals surface area contributed by atoms with E-state index in [1.807, 2.05) is 0 Å². The number of hydrogen-bond donors (Lipinski definition) is 0. The second-order valence-electron chi connectivity index (χ2n) is 4.31. The number of carbonyl (C=O) groups is 2. The normalized spacial score (nSPS) is 10.6. The molecule has 1 heterocycles. The van der Waals surface area contributed by atoms with Crippen molar-refractivity contribution < 1.29 is 19.1 Å². The van der Waals surface area contributed by atoms with E-state index in [0.717, 1.165) is 0 Å². The molecule has 1 aromatic rings. The molecule has 0 spiro atoms. The van der Waals surface area contributed by atoms with Crippen LogP contribution in [-0.2, 0) is 25.6 Å². The molecule has 0 radical (unpaired) electrons. The quantitative estimate of drug-likeness (QED) is 0.584. The maximum Gasteiger partial charge on any atom is 0.319 e. The van der Waals surface area contributed by atoms with Gasteiger partial charge in [0.05, 0.1) is 27.3 Å². The summed E-state index contributed by atoms with van der Waals surface area (Å²) in [6, 6.07) is 1.66. The molecule has 0 fully saturated rings. The third-order valence-corrected chi connectivity index (χ3v) is 3.34. The zero-order valence-electron chi connectivity index (χ0n) is 12.0. The van der Waals surface area contributed by atoms with E-state index >= 15 is 0 Å². The lowest BCUT2D eigenvalue weighted by molar-refractivity contribution is -0.145. The van der Waals surface area contributed by atoms with Gasteiger partial charge >= 0.3 is 11.9 Å². The smallest absolute Gasteiger partial charge is 0.319 e. The van der Waals surface area contributed by atoms with E-state index in [1.165, 1.54) is 19.1 Å². The van der Waals surface area contributed by atoms with Gasteiger partial charge in [-0.2, -0.15) is 0 Å². The van der Waals surface area contributed by atoms with Crippen LogP contribution in [0.1, 0.15) is 11.3 Å². The Labute approximate surface area is 132 Å². The standard InChI is InChI=1S/C13H16Cl2N2O4/c1-8-4-10(14)9(13(15)16-8)5-17(6-11(18)20-2)7-12(19)21-3/h4H,5-7H2,1-3H3. The fourth-order valence-electron chi connectivity index (χ4n) is 1.65. The van der Waals surface area contributed by atoms with Gasteiger partial charge in [0.15, 0.2) is 0 Å². The topological polar surface area (TPSA) is 68.7 Å². The Hall–Kier alpha value is -1.37. The third-order valence-electron chi connectivity index (χ3n) is 2.69. The van der Waals surface area contributed by atoms with Crippen molar-refractivity contribution in [3.8, 4) is 0 Å². The van der Waals surface area contributed by atoms with Crippen molar-refractivity contribution in [3.05, 3.63) is 27.5 Å². The summed E-state index contributed by atoms with van der Waals surface area (Å²) in [7, 11) is 2.54. The summed E-state index contributed by atoms with van der Waals surface area (Å²) in [6.45, 7) is 1.76. The Balaban J connectivity index is 2.94. The maximum atomic E-state index is 11.4. The zero-order valence-corrected chi connectivity index (χ0v) is 13.5. The first kappa shape index (κ1) is 17.7. The van der Waals surface area contributed by atoms with Gasteiger partial charge in [-0.15, -0.1) is 0 Å². The predicted molar refractivity (Wildman–Crippen MR) is 78.3 cm³/mol. The van der Waals surface area contributed by atoms with Crippen LogP contribution in [0.15, 0.2) is 6.07 Å². The molecular weight excluding hydrogens is 319 g/mol. The van der Waals surface area contributed by atoms with E-state index in [4.69, 9.17) is 23.2 Å².